The van der Waals surface area contributed by atoms with E-state index in [0.717, 1.165) is 19.3 Å². The molecule has 14 heavy (non-hydrogen) atoms. The lowest BCUT2D eigenvalue weighted by Crippen LogP contribution is -2.38. The molecule has 0 aromatic rings. The van der Waals surface area contributed by atoms with E-state index >= 15 is 0 Å². The van der Waals surface area contributed by atoms with E-state index in [1.54, 1.807) is 0 Å². The SMILES string of the molecule is CC[C@@](C)(C(=O)CO)C1CCCCC1. The molecule has 2 heteroatoms. The minimum atomic E-state index is -0.291. The summed E-state index contributed by atoms with van der Waals surface area (Å²) in [6.07, 6.45) is 6.99. The van der Waals surface area contributed by atoms with Crippen molar-refractivity contribution in [2.24, 2.45) is 11.3 Å². The van der Waals surface area contributed by atoms with E-state index in [1.807, 2.05) is 6.92 Å². The molecular formula is C12H22O2. The fourth-order valence-electron chi connectivity index (χ4n) is 2.63. The molecule has 1 saturated carbocycles. The number of hydrogen-bond acceptors (Lipinski definition) is 2. The topological polar surface area (TPSA) is 37.3 Å². The van der Waals surface area contributed by atoms with E-state index in [9.17, 15) is 4.79 Å². The number of carbonyl (C=O) groups is 1. The van der Waals surface area contributed by atoms with Crippen molar-refractivity contribution in [2.75, 3.05) is 6.61 Å². The van der Waals surface area contributed by atoms with Gasteiger partial charge in [0.05, 0.1) is 0 Å². The van der Waals surface area contributed by atoms with Crippen LogP contribution in [0, 0.1) is 11.3 Å². The lowest BCUT2D eigenvalue weighted by Gasteiger charge is -2.37. The number of aliphatic hydroxyl groups excluding tert-OH is 1. The van der Waals surface area contributed by atoms with Crippen molar-refractivity contribution in [3.63, 3.8) is 0 Å². The minimum Gasteiger partial charge on any atom is -0.389 e. The van der Waals surface area contributed by atoms with Gasteiger partial charge in [0.25, 0.3) is 0 Å². The Bertz CT molecular complexity index is 194. The van der Waals surface area contributed by atoms with E-state index in [0.29, 0.717) is 5.92 Å². The van der Waals surface area contributed by atoms with Crippen LogP contribution in [0.15, 0.2) is 0 Å². The summed E-state index contributed by atoms with van der Waals surface area (Å²) in [6.45, 7) is 3.80. The van der Waals surface area contributed by atoms with E-state index < -0.39 is 0 Å². The van der Waals surface area contributed by atoms with E-state index in [2.05, 4.69) is 6.92 Å². The highest BCUT2D eigenvalue weighted by atomic mass is 16.3. The molecule has 0 radical (unpaired) electrons. The van der Waals surface area contributed by atoms with Crippen LogP contribution < -0.4 is 0 Å². The molecule has 0 unspecified atom stereocenters. The Labute approximate surface area is 86.7 Å². The van der Waals surface area contributed by atoms with Crippen molar-refractivity contribution < 1.29 is 9.90 Å². The van der Waals surface area contributed by atoms with Crippen LogP contribution in [0.25, 0.3) is 0 Å². The smallest absolute Gasteiger partial charge is 0.164 e. The molecule has 0 aromatic carbocycles. The van der Waals surface area contributed by atoms with Crippen molar-refractivity contribution in [3.8, 4) is 0 Å². The Morgan fingerprint density at radius 1 is 1.36 bits per heavy atom. The zero-order valence-corrected chi connectivity index (χ0v) is 9.38. The molecule has 1 N–H and O–H groups in total. The fourth-order valence-corrected chi connectivity index (χ4v) is 2.63. The number of carbonyl (C=O) groups excluding carboxylic acids is 1. The van der Waals surface area contributed by atoms with Crippen molar-refractivity contribution in [2.45, 2.75) is 52.4 Å². The van der Waals surface area contributed by atoms with Gasteiger partial charge in [0.15, 0.2) is 5.78 Å². The van der Waals surface area contributed by atoms with E-state index in [-0.39, 0.29) is 17.8 Å². The Kier molecular flexibility index (Phi) is 4.11. The molecular weight excluding hydrogens is 176 g/mol. The number of hydrogen-bond donors (Lipinski definition) is 1. The molecule has 0 bridgehead atoms. The highest BCUT2D eigenvalue weighted by Crippen LogP contribution is 2.41. The highest BCUT2D eigenvalue weighted by Gasteiger charge is 2.38. The molecule has 0 aromatic heterocycles. The first-order chi connectivity index (χ1) is 6.65. The lowest BCUT2D eigenvalue weighted by molar-refractivity contribution is -0.135. The Balaban J connectivity index is 2.71. The van der Waals surface area contributed by atoms with Crippen molar-refractivity contribution in [1.29, 1.82) is 0 Å². The van der Waals surface area contributed by atoms with E-state index in [4.69, 9.17) is 5.11 Å². The second-order valence-corrected chi connectivity index (χ2v) is 4.69. The molecule has 1 rings (SSSR count). The number of rotatable bonds is 4. The van der Waals surface area contributed by atoms with Crippen molar-refractivity contribution >= 4 is 5.78 Å². The average molecular weight is 198 g/mol. The lowest BCUT2D eigenvalue weighted by atomic mass is 9.66. The standard InChI is InChI=1S/C12H22O2/c1-3-12(2,11(14)9-13)10-7-5-4-6-8-10/h10,13H,3-9H2,1-2H3/t12-/m1/s1. The van der Waals surface area contributed by atoms with Crippen molar-refractivity contribution in [3.05, 3.63) is 0 Å². The van der Waals surface area contributed by atoms with Gasteiger partial charge >= 0.3 is 0 Å². The molecule has 0 spiro atoms. The van der Waals surface area contributed by atoms with Gasteiger partial charge in [-0.2, -0.15) is 0 Å². The van der Waals surface area contributed by atoms with Crippen LogP contribution in [0.3, 0.4) is 0 Å². The largest absolute Gasteiger partial charge is 0.389 e. The van der Waals surface area contributed by atoms with Crippen LogP contribution in [0.2, 0.25) is 0 Å². The minimum absolute atomic E-state index is 0.0342. The first kappa shape index (κ1) is 11.7. The zero-order chi connectivity index (χ0) is 10.6. The quantitative estimate of drug-likeness (QED) is 0.753. The Morgan fingerprint density at radius 3 is 2.36 bits per heavy atom. The number of ketones is 1. The van der Waals surface area contributed by atoms with Crippen LogP contribution in [0.5, 0.6) is 0 Å². The average Bonchev–Trinajstić information content (AvgIpc) is 2.28. The second-order valence-electron chi connectivity index (χ2n) is 4.69. The van der Waals surface area contributed by atoms with Crippen LogP contribution in [0.1, 0.15) is 52.4 Å². The summed E-state index contributed by atoms with van der Waals surface area (Å²) in [7, 11) is 0. The van der Waals surface area contributed by atoms with Crippen molar-refractivity contribution in [1.82, 2.24) is 0 Å². The molecule has 0 heterocycles. The summed E-state index contributed by atoms with van der Waals surface area (Å²) in [4.78, 5) is 11.7. The summed E-state index contributed by atoms with van der Waals surface area (Å²) in [5.41, 5.74) is -0.269. The van der Waals surface area contributed by atoms with Gasteiger partial charge in [-0.1, -0.05) is 33.1 Å². The third-order valence-electron chi connectivity index (χ3n) is 4.02. The number of aliphatic hydroxyl groups is 1. The summed E-state index contributed by atoms with van der Waals surface area (Å²) in [5, 5.41) is 8.98. The molecule has 1 atom stereocenters. The maximum absolute atomic E-state index is 11.7. The Morgan fingerprint density at radius 2 is 1.93 bits per heavy atom. The van der Waals surface area contributed by atoms with Gasteiger partial charge in [0, 0.05) is 5.41 Å². The van der Waals surface area contributed by atoms with Gasteiger partial charge in [0.1, 0.15) is 6.61 Å². The molecule has 1 fully saturated rings. The summed E-state index contributed by atoms with van der Waals surface area (Å²) >= 11 is 0. The maximum atomic E-state index is 11.7. The molecule has 1 aliphatic carbocycles. The number of Topliss-reactive ketones (excluding diaryl/α,β-unsaturated/α-hetero) is 1. The molecule has 0 amide bonds. The van der Waals surface area contributed by atoms with Crippen LogP contribution in [0.4, 0.5) is 0 Å². The van der Waals surface area contributed by atoms with Gasteiger partial charge in [0.2, 0.25) is 0 Å². The van der Waals surface area contributed by atoms with Gasteiger partial charge < -0.3 is 5.11 Å². The van der Waals surface area contributed by atoms with Gasteiger partial charge in [-0.25, -0.2) is 0 Å². The van der Waals surface area contributed by atoms with Gasteiger partial charge in [-0.3, -0.25) is 4.79 Å². The first-order valence-corrected chi connectivity index (χ1v) is 5.79. The second kappa shape index (κ2) is 4.92. The normalized spacial score (nSPS) is 23.1. The first-order valence-electron chi connectivity index (χ1n) is 5.79. The molecule has 0 saturated heterocycles. The third-order valence-corrected chi connectivity index (χ3v) is 4.02. The summed E-state index contributed by atoms with van der Waals surface area (Å²) in [6, 6.07) is 0. The van der Waals surface area contributed by atoms with Crippen LogP contribution in [-0.2, 0) is 4.79 Å². The van der Waals surface area contributed by atoms with Gasteiger partial charge in [-0.05, 0) is 25.2 Å². The third kappa shape index (κ3) is 2.17. The summed E-state index contributed by atoms with van der Waals surface area (Å²) in [5.74, 6) is 0.535. The predicted octanol–water partition coefficient (Wildman–Crippen LogP) is 2.54. The zero-order valence-electron chi connectivity index (χ0n) is 9.38. The highest BCUT2D eigenvalue weighted by molar-refractivity contribution is 5.85. The van der Waals surface area contributed by atoms with Gasteiger partial charge in [-0.15, -0.1) is 0 Å². The summed E-state index contributed by atoms with van der Waals surface area (Å²) < 4.78 is 0. The van der Waals surface area contributed by atoms with Crippen LogP contribution in [-0.4, -0.2) is 17.5 Å². The van der Waals surface area contributed by atoms with E-state index in [1.165, 1.54) is 19.3 Å². The molecule has 1 aliphatic rings. The predicted molar refractivity (Wildman–Crippen MR) is 57.1 cm³/mol. The van der Waals surface area contributed by atoms with Crippen LogP contribution >= 0.6 is 0 Å². The maximum Gasteiger partial charge on any atom is 0.164 e. The monoisotopic (exact) mass is 198 g/mol. The molecule has 2 nitrogen and oxygen atoms in total. The fraction of sp³-hybridized carbons (Fsp3) is 0.917. The molecule has 82 valence electrons. The molecule has 0 aliphatic heterocycles. The Hall–Kier alpha value is -0.370.